The Hall–Kier alpha value is -2.30. The van der Waals surface area contributed by atoms with Crippen molar-refractivity contribution in [3.63, 3.8) is 0 Å². The molecule has 0 radical (unpaired) electrons. The lowest BCUT2D eigenvalue weighted by atomic mass is 10.2. The number of hydrogen-bond donors (Lipinski definition) is 1. The molecule has 7 nitrogen and oxygen atoms in total. The van der Waals surface area contributed by atoms with Gasteiger partial charge in [0.25, 0.3) is 0 Å². The van der Waals surface area contributed by atoms with Gasteiger partial charge in [0.15, 0.2) is 11.5 Å². The van der Waals surface area contributed by atoms with Gasteiger partial charge in [-0.1, -0.05) is 0 Å². The molecule has 1 aliphatic heterocycles. The molecule has 2 aromatic carbocycles. The molecule has 0 aliphatic carbocycles. The van der Waals surface area contributed by atoms with Gasteiger partial charge in [-0.3, -0.25) is 4.79 Å². The molecule has 30 heavy (non-hydrogen) atoms. The van der Waals surface area contributed by atoms with E-state index in [9.17, 15) is 17.6 Å². The van der Waals surface area contributed by atoms with Gasteiger partial charge >= 0.3 is 0 Å². The molecule has 0 unspecified atom stereocenters. The smallest absolute Gasteiger partial charge is 0.242 e. The summed E-state index contributed by atoms with van der Waals surface area (Å²) in [5.74, 6) is 0.502. The summed E-state index contributed by atoms with van der Waals surface area (Å²) in [5.41, 5.74) is 0.629. The van der Waals surface area contributed by atoms with Crippen molar-refractivity contribution in [2.24, 2.45) is 0 Å². The average molecular weight is 455 g/mol. The topological polar surface area (TPSA) is 84.9 Å². The van der Waals surface area contributed by atoms with E-state index in [1.807, 2.05) is 12.3 Å². The monoisotopic (exact) mass is 454 g/mol. The van der Waals surface area contributed by atoms with Crippen molar-refractivity contribution < 1.29 is 27.1 Å². The zero-order chi connectivity index (χ0) is 21.7. The first-order valence-electron chi connectivity index (χ1n) is 9.30. The van der Waals surface area contributed by atoms with Gasteiger partial charge in [0.1, 0.15) is 19.0 Å². The molecule has 0 bridgehead atoms. The fourth-order valence-electron chi connectivity index (χ4n) is 2.92. The molecular weight excluding hydrogens is 431 g/mol. The van der Waals surface area contributed by atoms with Gasteiger partial charge in [-0.05, 0) is 43.0 Å². The molecule has 0 saturated carbocycles. The number of ether oxygens (including phenoxy) is 2. The highest BCUT2D eigenvalue weighted by molar-refractivity contribution is 7.98. The number of nitrogens with zero attached hydrogens (tertiary/aromatic N) is 1. The van der Waals surface area contributed by atoms with E-state index in [2.05, 4.69) is 5.32 Å². The van der Waals surface area contributed by atoms with Crippen LogP contribution >= 0.6 is 11.8 Å². The van der Waals surface area contributed by atoms with E-state index in [1.54, 1.807) is 6.07 Å². The van der Waals surface area contributed by atoms with Crippen molar-refractivity contribution in [3.8, 4) is 11.5 Å². The van der Waals surface area contributed by atoms with E-state index < -0.39 is 15.8 Å². The summed E-state index contributed by atoms with van der Waals surface area (Å²) in [6.07, 6.45) is 2.38. The standard InChI is InChI=1S/C20H23FN2O5S2/c1-23(30(25,26)15-7-5-14(21)6-8-15)9-3-4-20(24)22-16-12-17-18(13-19(16)29-2)28-11-10-27-17/h5-8,12-13H,3-4,9-11H2,1-2H3,(H,22,24). The summed E-state index contributed by atoms with van der Waals surface area (Å²) in [6.45, 7) is 1.10. The van der Waals surface area contributed by atoms with Gasteiger partial charge < -0.3 is 14.8 Å². The average Bonchev–Trinajstić information content (AvgIpc) is 2.73. The Labute approximate surface area is 179 Å². The SMILES string of the molecule is CSc1cc2c(cc1NC(=O)CCCN(C)S(=O)(=O)c1ccc(F)cc1)OCCO2. The number of halogens is 1. The van der Waals surface area contributed by atoms with E-state index in [4.69, 9.17) is 9.47 Å². The molecule has 1 heterocycles. The minimum absolute atomic E-state index is 0.0109. The number of amides is 1. The largest absolute Gasteiger partial charge is 0.486 e. The Kier molecular flexibility index (Phi) is 7.22. The summed E-state index contributed by atoms with van der Waals surface area (Å²) in [6, 6.07) is 8.22. The first-order valence-corrected chi connectivity index (χ1v) is 12.0. The van der Waals surface area contributed by atoms with E-state index in [1.165, 1.54) is 30.9 Å². The quantitative estimate of drug-likeness (QED) is 0.616. The van der Waals surface area contributed by atoms with Crippen molar-refractivity contribution in [1.29, 1.82) is 0 Å². The molecule has 0 aromatic heterocycles. The van der Waals surface area contributed by atoms with Crippen LogP contribution in [0.2, 0.25) is 0 Å². The normalized spacial score (nSPS) is 13.3. The molecule has 0 atom stereocenters. The van der Waals surface area contributed by atoms with Crippen LogP contribution in [-0.4, -0.2) is 51.7 Å². The molecule has 2 aromatic rings. The lowest BCUT2D eigenvalue weighted by Crippen LogP contribution is -2.28. The molecule has 10 heteroatoms. The number of benzene rings is 2. The lowest BCUT2D eigenvalue weighted by Gasteiger charge is -2.21. The zero-order valence-corrected chi connectivity index (χ0v) is 18.3. The Morgan fingerprint density at radius 3 is 2.43 bits per heavy atom. The van der Waals surface area contributed by atoms with Crippen LogP contribution in [0, 0.1) is 5.82 Å². The van der Waals surface area contributed by atoms with E-state index in [-0.39, 0.29) is 23.8 Å². The third kappa shape index (κ3) is 5.24. The minimum atomic E-state index is -3.73. The molecule has 162 valence electrons. The van der Waals surface area contributed by atoms with Crippen LogP contribution < -0.4 is 14.8 Å². The van der Waals surface area contributed by atoms with Gasteiger partial charge in [-0.2, -0.15) is 0 Å². The second-order valence-corrected chi connectivity index (χ2v) is 9.52. The number of rotatable bonds is 8. The number of carbonyl (C=O) groups is 1. The Balaban J connectivity index is 1.56. The number of carbonyl (C=O) groups excluding carboxylic acids is 1. The maximum absolute atomic E-state index is 13.0. The summed E-state index contributed by atoms with van der Waals surface area (Å²) in [4.78, 5) is 13.2. The fraction of sp³-hybridized carbons (Fsp3) is 0.350. The molecule has 1 amide bonds. The third-order valence-electron chi connectivity index (χ3n) is 4.54. The highest BCUT2D eigenvalue weighted by Gasteiger charge is 2.21. The number of hydrogen-bond acceptors (Lipinski definition) is 6. The predicted octanol–water partition coefficient (Wildman–Crippen LogP) is 3.36. The number of nitrogens with one attached hydrogen (secondary N) is 1. The molecule has 1 aliphatic rings. The summed E-state index contributed by atoms with van der Waals surface area (Å²) in [7, 11) is -2.30. The van der Waals surface area contributed by atoms with Crippen LogP contribution in [0.1, 0.15) is 12.8 Å². The molecule has 3 rings (SSSR count). The van der Waals surface area contributed by atoms with E-state index >= 15 is 0 Å². The second-order valence-electron chi connectivity index (χ2n) is 6.63. The number of fused-ring (bicyclic) bond motifs is 1. The third-order valence-corrected chi connectivity index (χ3v) is 7.19. The highest BCUT2D eigenvalue weighted by atomic mass is 32.2. The van der Waals surface area contributed by atoms with E-state index in [0.29, 0.717) is 36.8 Å². The van der Waals surface area contributed by atoms with Gasteiger partial charge in [-0.25, -0.2) is 17.1 Å². The summed E-state index contributed by atoms with van der Waals surface area (Å²) in [5, 5.41) is 2.86. The predicted molar refractivity (Wildman–Crippen MR) is 113 cm³/mol. The first kappa shape index (κ1) is 22.4. The van der Waals surface area contributed by atoms with Crippen molar-refractivity contribution >= 4 is 33.4 Å². The van der Waals surface area contributed by atoms with Crippen LogP contribution in [0.5, 0.6) is 11.5 Å². The Morgan fingerprint density at radius 1 is 1.17 bits per heavy atom. The van der Waals surface area contributed by atoms with Crippen LogP contribution in [0.4, 0.5) is 10.1 Å². The molecule has 0 fully saturated rings. The van der Waals surface area contributed by atoms with Crippen LogP contribution in [0.25, 0.3) is 0 Å². The Bertz CT molecular complexity index is 1010. The van der Waals surface area contributed by atoms with Crippen molar-refractivity contribution in [3.05, 3.63) is 42.2 Å². The zero-order valence-electron chi connectivity index (χ0n) is 16.7. The minimum Gasteiger partial charge on any atom is -0.486 e. The molecule has 0 saturated heterocycles. The summed E-state index contributed by atoms with van der Waals surface area (Å²) < 4.78 is 50.3. The molecular formula is C20H23FN2O5S2. The molecule has 1 N–H and O–H groups in total. The van der Waals surface area contributed by atoms with Crippen molar-refractivity contribution in [1.82, 2.24) is 4.31 Å². The lowest BCUT2D eigenvalue weighted by molar-refractivity contribution is -0.116. The van der Waals surface area contributed by atoms with Gasteiger partial charge in [-0.15, -0.1) is 11.8 Å². The van der Waals surface area contributed by atoms with Crippen molar-refractivity contribution in [2.45, 2.75) is 22.6 Å². The summed E-state index contributed by atoms with van der Waals surface area (Å²) >= 11 is 1.48. The highest BCUT2D eigenvalue weighted by Crippen LogP contribution is 2.39. The number of sulfonamides is 1. The number of anilines is 1. The van der Waals surface area contributed by atoms with Gasteiger partial charge in [0.2, 0.25) is 15.9 Å². The second kappa shape index (κ2) is 9.67. The Morgan fingerprint density at radius 2 is 1.80 bits per heavy atom. The fourth-order valence-corrected chi connectivity index (χ4v) is 4.68. The maximum Gasteiger partial charge on any atom is 0.242 e. The number of thioether (sulfide) groups is 1. The first-order chi connectivity index (χ1) is 14.3. The van der Waals surface area contributed by atoms with Gasteiger partial charge in [0.05, 0.1) is 10.6 Å². The van der Waals surface area contributed by atoms with Crippen LogP contribution in [0.3, 0.4) is 0 Å². The molecule has 0 spiro atoms. The maximum atomic E-state index is 13.0. The van der Waals surface area contributed by atoms with Crippen LogP contribution in [0.15, 0.2) is 46.2 Å². The van der Waals surface area contributed by atoms with Crippen LogP contribution in [-0.2, 0) is 14.8 Å². The van der Waals surface area contributed by atoms with Crippen molar-refractivity contribution in [2.75, 3.05) is 38.4 Å². The van der Waals surface area contributed by atoms with Gasteiger partial charge in [0, 0.05) is 31.0 Å². The van der Waals surface area contributed by atoms with E-state index in [0.717, 1.165) is 21.3 Å².